The number of alkyl carbamates (subject to hydrolysis) is 1. The van der Waals surface area contributed by atoms with Gasteiger partial charge in [0.1, 0.15) is 24.3 Å². The van der Waals surface area contributed by atoms with Gasteiger partial charge in [-0.15, -0.1) is 11.3 Å². The highest BCUT2D eigenvalue weighted by atomic mass is 32.1. The lowest BCUT2D eigenvalue weighted by Crippen LogP contribution is -2.48. The second-order valence-corrected chi connectivity index (χ2v) is 10.5. The van der Waals surface area contributed by atoms with Crippen LogP contribution in [0.3, 0.4) is 0 Å². The van der Waals surface area contributed by atoms with Gasteiger partial charge in [0.2, 0.25) is 5.91 Å². The number of carbonyl (C=O) groups excluding carboxylic acids is 3. The Kier molecular flexibility index (Phi) is 8.88. The number of nitrogens with one attached hydrogen (secondary N) is 2. The van der Waals surface area contributed by atoms with Gasteiger partial charge in [0.25, 0.3) is 0 Å². The van der Waals surface area contributed by atoms with Gasteiger partial charge in [-0.25, -0.2) is 14.6 Å². The number of aromatic nitrogens is 1. The van der Waals surface area contributed by atoms with E-state index in [9.17, 15) is 19.2 Å². The minimum absolute atomic E-state index is 0.00996. The zero-order valence-corrected chi connectivity index (χ0v) is 23.1. The molecule has 0 fully saturated rings. The molecule has 4 aromatic rings. The Labute approximate surface area is 245 Å². The van der Waals surface area contributed by atoms with E-state index in [1.807, 2.05) is 66.7 Å². The number of aromatic carboxylic acids is 1. The highest BCUT2D eigenvalue weighted by molar-refractivity contribution is 7.09. The van der Waals surface area contributed by atoms with Crippen LogP contribution in [-0.2, 0) is 32.2 Å². The molecule has 214 valence electrons. The number of nitrogens with zero attached hydrogens (tertiary/aromatic N) is 1. The van der Waals surface area contributed by atoms with E-state index in [1.165, 1.54) is 5.38 Å². The Morgan fingerprint density at radius 1 is 0.881 bits per heavy atom. The molecule has 11 heteroatoms. The maximum Gasteiger partial charge on any atom is 0.407 e. The number of fused-ring (bicyclic) bond motifs is 3. The molecule has 1 aliphatic carbocycles. The number of ether oxygens (including phenoxy) is 2. The van der Waals surface area contributed by atoms with Crippen molar-refractivity contribution in [1.29, 1.82) is 0 Å². The molecular formula is C31H27N3O7S. The summed E-state index contributed by atoms with van der Waals surface area (Å²) in [5.41, 5.74) is 4.86. The molecule has 0 saturated heterocycles. The summed E-state index contributed by atoms with van der Waals surface area (Å²) in [6.45, 7) is -0.0432. The fraction of sp³-hybridized carbons (Fsp3) is 0.194. The largest absolute Gasteiger partial charge is 0.476 e. The number of carboxylic acid groups (broad SMARTS) is 1. The molecule has 0 spiro atoms. The first-order valence-electron chi connectivity index (χ1n) is 13.2. The zero-order valence-electron chi connectivity index (χ0n) is 22.3. The van der Waals surface area contributed by atoms with Crippen molar-refractivity contribution in [1.82, 2.24) is 15.6 Å². The van der Waals surface area contributed by atoms with Gasteiger partial charge in [0.05, 0.1) is 13.0 Å². The Morgan fingerprint density at radius 2 is 1.52 bits per heavy atom. The third-order valence-electron chi connectivity index (χ3n) is 6.75. The molecule has 0 aliphatic heterocycles. The Balaban J connectivity index is 1.23. The molecule has 1 aromatic heterocycles. The minimum atomic E-state index is -1.30. The van der Waals surface area contributed by atoms with Gasteiger partial charge in [-0.1, -0.05) is 78.9 Å². The molecule has 0 saturated carbocycles. The Morgan fingerprint density at radius 3 is 2.17 bits per heavy atom. The summed E-state index contributed by atoms with van der Waals surface area (Å²) < 4.78 is 10.9. The quantitative estimate of drug-likeness (QED) is 0.218. The number of esters is 1. The summed E-state index contributed by atoms with van der Waals surface area (Å²) >= 11 is 1.07. The highest BCUT2D eigenvalue weighted by Crippen LogP contribution is 2.44. The van der Waals surface area contributed by atoms with Crippen molar-refractivity contribution in [2.75, 3.05) is 6.61 Å². The third kappa shape index (κ3) is 6.81. The van der Waals surface area contributed by atoms with E-state index in [4.69, 9.17) is 14.6 Å². The second kappa shape index (κ2) is 13.1. The van der Waals surface area contributed by atoms with Gasteiger partial charge in [-0.2, -0.15) is 0 Å². The maximum atomic E-state index is 13.1. The fourth-order valence-electron chi connectivity index (χ4n) is 4.73. The number of benzene rings is 3. The summed E-state index contributed by atoms with van der Waals surface area (Å²) in [5.74, 6) is -2.73. The van der Waals surface area contributed by atoms with Crippen LogP contribution in [-0.4, -0.2) is 46.7 Å². The van der Waals surface area contributed by atoms with Gasteiger partial charge in [-0.05, 0) is 27.8 Å². The molecule has 1 atom stereocenters. The fourth-order valence-corrected chi connectivity index (χ4v) is 5.44. The maximum absolute atomic E-state index is 13.1. The predicted octanol–water partition coefficient (Wildman–Crippen LogP) is 4.50. The molecule has 0 bridgehead atoms. The monoisotopic (exact) mass is 585 g/mol. The first-order valence-corrected chi connectivity index (χ1v) is 14.0. The molecule has 3 aromatic carbocycles. The van der Waals surface area contributed by atoms with Crippen LogP contribution in [0.2, 0.25) is 0 Å². The van der Waals surface area contributed by atoms with E-state index in [1.54, 1.807) is 12.1 Å². The molecule has 42 heavy (non-hydrogen) atoms. The molecule has 1 aliphatic rings. The van der Waals surface area contributed by atoms with Crippen molar-refractivity contribution in [3.63, 3.8) is 0 Å². The summed E-state index contributed by atoms with van der Waals surface area (Å²) in [6, 6.07) is 23.6. The zero-order chi connectivity index (χ0) is 29.5. The standard InChI is InChI=1S/C31H27N3O7S/c35-28(40-16-19-8-2-1-3-9-19)14-25(29(36)32-15-27-33-26(18-42-27)30(37)38)34-31(39)41-17-24-22-12-6-4-10-20(22)21-11-5-7-13-23(21)24/h1-13,18,24-25H,14-17H2,(H,32,36)(H,34,39)(H,37,38)/t25-/m0/s1. The van der Waals surface area contributed by atoms with Crippen molar-refractivity contribution in [3.8, 4) is 11.1 Å². The lowest BCUT2D eigenvalue weighted by Gasteiger charge is -2.19. The van der Waals surface area contributed by atoms with E-state index in [-0.39, 0.29) is 31.4 Å². The molecule has 5 rings (SSSR count). The van der Waals surface area contributed by atoms with Crippen molar-refractivity contribution in [3.05, 3.63) is 112 Å². The average molecular weight is 586 g/mol. The lowest BCUT2D eigenvalue weighted by molar-refractivity contribution is -0.147. The Bertz CT molecular complexity index is 1560. The molecule has 10 nitrogen and oxygen atoms in total. The predicted molar refractivity (Wildman–Crippen MR) is 154 cm³/mol. The molecule has 3 N–H and O–H groups in total. The van der Waals surface area contributed by atoms with Crippen LogP contribution in [0.1, 0.15) is 44.5 Å². The van der Waals surface area contributed by atoms with Crippen molar-refractivity contribution < 1.29 is 33.8 Å². The first-order chi connectivity index (χ1) is 20.4. The van der Waals surface area contributed by atoms with E-state index in [0.717, 1.165) is 39.2 Å². The van der Waals surface area contributed by atoms with E-state index >= 15 is 0 Å². The number of carboxylic acids is 1. The van der Waals surface area contributed by atoms with Crippen LogP contribution in [0.25, 0.3) is 11.1 Å². The van der Waals surface area contributed by atoms with Gasteiger partial charge < -0.3 is 25.2 Å². The molecule has 0 radical (unpaired) electrons. The smallest absolute Gasteiger partial charge is 0.407 e. The molecule has 0 unspecified atom stereocenters. The van der Waals surface area contributed by atoms with Crippen LogP contribution in [0.4, 0.5) is 4.79 Å². The van der Waals surface area contributed by atoms with E-state index in [0.29, 0.717) is 5.01 Å². The summed E-state index contributed by atoms with van der Waals surface area (Å²) in [6.07, 6.45) is -1.31. The van der Waals surface area contributed by atoms with Crippen molar-refractivity contribution in [2.24, 2.45) is 0 Å². The van der Waals surface area contributed by atoms with Crippen molar-refractivity contribution in [2.45, 2.75) is 31.5 Å². The lowest BCUT2D eigenvalue weighted by atomic mass is 9.98. The highest BCUT2D eigenvalue weighted by Gasteiger charge is 2.30. The van der Waals surface area contributed by atoms with Crippen LogP contribution >= 0.6 is 11.3 Å². The number of carbonyl (C=O) groups is 4. The van der Waals surface area contributed by atoms with Gasteiger partial charge in [-0.3, -0.25) is 9.59 Å². The SMILES string of the molecule is O=C(C[C@H](NC(=O)OCC1c2ccccc2-c2ccccc21)C(=O)NCc1nc(C(=O)O)cs1)OCc1ccccc1. The topological polar surface area (TPSA) is 144 Å². The van der Waals surface area contributed by atoms with Gasteiger partial charge >= 0.3 is 18.0 Å². The minimum Gasteiger partial charge on any atom is -0.476 e. The first kappa shape index (κ1) is 28.5. The third-order valence-corrected chi connectivity index (χ3v) is 7.60. The van der Waals surface area contributed by atoms with Gasteiger partial charge in [0.15, 0.2) is 5.69 Å². The van der Waals surface area contributed by atoms with Crippen LogP contribution in [0.15, 0.2) is 84.2 Å². The summed E-state index contributed by atoms with van der Waals surface area (Å²) in [5, 5.41) is 15.9. The Hall–Kier alpha value is -5.03. The number of hydrogen-bond acceptors (Lipinski definition) is 8. The summed E-state index contributed by atoms with van der Waals surface area (Å²) in [4.78, 5) is 53.7. The van der Waals surface area contributed by atoms with Crippen LogP contribution < -0.4 is 10.6 Å². The van der Waals surface area contributed by atoms with Crippen LogP contribution in [0.5, 0.6) is 0 Å². The van der Waals surface area contributed by atoms with E-state index < -0.39 is 36.4 Å². The second-order valence-electron chi connectivity index (χ2n) is 9.52. The number of thiazole rings is 1. The molecule has 2 amide bonds. The molecular weight excluding hydrogens is 558 g/mol. The van der Waals surface area contributed by atoms with E-state index in [2.05, 4.69) is 15.6 Å². The van der Waals surface area contributed by atoms with Crippen molar-refractivity contribution >= 4 is 35.3 Å². The summed E-state index contributed by atoms with van der Waals surface area (Å²) in [7, 11) is 0. The van der Waals surface area contributed by atoms with Gasteiger partial charge in [0, 0.05) is 11.3 Å². The number of rotatable bonds is 11. The average Bonchev–Trinajstić information content (AvgIpc) is 3.61. The normalized spacial score (nSPS) is 12.5. The molecule has 1 heterocycles. The number of amides is 2. The number of hydrogen-bond donors (Lipinski definition) is 3. The van der Waals surface area contributed by atoms with Crippen LogP contribution in [0, 0.1) is 0 Å².